The third kappa shape index (κ3) is 4.31. The van der Waals surface area contributed by atoms with E-state index in [-0.39, 0.29) is 0 Å². The number of nitrogens with one attached hydrogen (secondary N) is 1. The fourth-order valence-electron chi connectivity index (χ4n) is 2.32. The quantitative estimate of drug-likeness (QED) is 0.565. The molecule has 0 radical (unpaired) electrons. The summed E-state index contributed by atoms with van der Waals surface area (Å²) in [4.78, 5) is 0. The number of benzene rings is 2. The zero-order valence-electron chi connectivity index (χ0n) is 12.6. The second-order valence-electron chi connectivity index (χ2n) is 4.83. The first-order valence-corrected chi connectivity index (χ1v) is 7.30. The van der Waals surface area contributed by atoms with E-state index in [4.69, 9.17) is 9.47 Å². The van der Waals surface area contributed by atoms with Crippen molar-refractivity contribution in [2.45, 2.75) is 13.0 Å². The molecule has 0 amide bonds. The van der Waals surface area contributed by atoms with Gasteiger partial charge in [0, 0.05) is 18.7 Å². The minimum absolute atomic E-state index is 0.709. The molecule has 0 fully saturated rings. The maximum atomic E-state index is 5.49. The first kappa shape index (κ1) is 15.5. The Balaban J connectivity index is 1.95. The molecule has 0 saturated heterocycles. The van der Waals surface area contributed by atoms with E-state index in [9.17, 15) is 0 Å². The van der Waals surface area contributed by atoms with Crippen molar-refractivity contribution in [2.75, 3.05) is 26.9 Å². The molecule has 2 rings (SSSR count). The molecule has 0 aliphatic carbocycles. The van der Waals surface area contributed by atoms with Crippen LogP contribution in [0, 0.1) is 0 Å². The highest BCUT2D eigenvalue weighted by molar-refractivity contribution is 5.87. The van der Waals surface area contributed by atoms with Gasteiger partial charge in [0.05, 0.1) is 20.3 Å². The molecular formula is C18H23NO2. The minimum atomic E-state index is 0.709. The van der Waals surface area contributed by atoms with Crippen molar-refractivity contribution >= 4 is 10.8 Å². The second kappa shape index (κ2) is 8.45. The Kier molecular flexibility index (Phi) is 6.25. The zero-order chi connectivity index (χ0) is 14.9. The van der Waals surface area contributed by atoms with Crippen LogP contribution in [-0.2, 0) is 11.3 Å². The maximum Gasteiger partial charge on any atom is 0.123 e. The van der Waals surface area contributed by atoms with Gasteiger partial charge in [0.1, 0.15) is 5.75 Å². The zero-order valence-corrected chi connectivity index (χ0v) is 12.6. The lowest BCUT2D eigenvalue weighted by molar-refractivity contribution is 0.140. The normalized spacial score (nSPS) is 10.7. The van der Waals surface area contributed by atoms with Crippen molar-refractivity contribution in [3.63, 3.8) is 0 Å². The van der Waals surface area contributed by atoms with E-state index in [1.165, 1.54) is 16.3 Å². The predicted molar refractivity (Wildman–Crippen MR) is 87.8 cm³/mol. The second-order valence-corrected chi connectivity index (χ2v) is 4.83. The third-order valence-electron chi connectivity index (χ3n) is 3.41. The van der Waals surface area contributed by atoms with E-state index in [1.54, 1.807) is 7.11 Å². The van der Waals surface area contributed by atoms with Gasteiger partial charge >= 0.3 is 0 Å². The Bertz CT molecular complexity index is 580. The Morgan fingerprint density at radius 3 is 2.81 bits per heavy atom. The number of methoxy groups -OCH3 is 1. The molecule has 0 bridgehead atoms. The predicted octanol–water partition coefficient (Wildman–Crippen LogP) is 3.53. The number of ether oxygens (including phenoxy) is 2. The molecule has 0 aliphatic heterocycles. The Morgan fingerprint density at radius 1 is 1.14 bits per heavy atom. The van der Waals surface area contributed by atoms with Crippen LogP contribution >= 0.6 is 0 Å². The van der Waals surface area contributed by atoms with E-state index < -0.39 is 0 Å². The van der Waals surface area contributed by atoms with Crippen LogP contribution < -0.4 is 10.1 Å². The Labute approximate surface area is 126 Å². The Morgan fingerprint density at radius 2 is 2.00 bits per heavy atom. The van der Waals surface area contributed by atoms with Crippen molar-refractivity contribution in [3.8, 4) is 5.75 Å². The maximum absolute atomic E-state index is 5.49. The van der Waals surface area contributed by atoms with Crippen LogP contribution in [-0.4, -0.2) is 26.9 Å². The summed E-state index contributed by atoms with van der Waals surface area (Å²) in [6.45, 7) is 6.72. The van der Waals surface area contributed by atoms with Crippen LogP contribution in [0.4, 0.5) is 0 Å². The smallest absolute Gasteiger partial charge is 0.123 e. The monoisotopic (exact) mass is 285 g/mol. The van der Waals surface area contributed by atoms with Crippen molar-refractivity contribution in [2.24, 2.45) is 0 Å². The Hall–Kier alpha value is -1.84. The molecule has 0 aliphatic rings. The van der Waals surface area contributed by atoms with Gasteiger partial charge in [-0.15, -0.1) is 6.58 Å². The number of rotatable bonds is 9. The molecular weight excluding hydrogens is 262 g/mol. The molecule has 1 N–H and O–H groups in total. The summed E-state index contributed by atoms with van der Waals surface area (Å²) < 4.78 is 11.0. The number of hydrogen-bond acceptors (Lipinski definition) is 3. The van der Waals surface area contributed by atoms with Crippen molar-refractivity contribution in [3.05, 3.63) is 54.6 Å². The molecule has 2 aromatic rings. The van der Waals surface area contributed by atoms with Crippen molar-refractivity contribution < 1.29 is 9.47 Å². The lowest BCUT2D eigenvalue weighted by Crippen LogP contribution is -2.20. The summed E-state index contributed by atoms with van der Waals surface area (Å²) in [5, 5.41) is 5.88. The molecule has 0 heterocycles. The van der Waals surface area contributed by atoms with E-state index in [2.05, 4.69) is 42.2 Å². The lowest BCUT2D eigenvalue weighted by Gasteiger charge is -2.13. The van der Waals surface area contributed by atoms with Crippen molar-refractivity contribution in [1.82, 2.24) is 5.32 Å². The van der Waals surface area contributed by atoms with Crippen LogP contribution in [0.3, 0.4) is 0 Å². The average Bonchev–Trinajstić information content (AvgIpc) is 2.54. The van der Waals surface area contributed by atoms with E-state index >= 15 is 0 Å². The summed E-state index contributed by atoms with van der Waals surface area (Å²) in [7, 11) is 1.71. The highest BCUT2D eigenvalue weighted by atomic mass is 16.5. The third-order valence-corrected chi connectivity index (χ3v) is 3.41. The standard InChI is InChI=1S/C18H23NO2/c1-3-4-12-21-13-11-19-14-17-16-8-6-5-7-15(16)9-10-18(17)20-2/h3,5-10,19H,1,4,11-14H2,2H3. The minimum Gasteiger partial charge on any atom is -0.496 e. The first-order chi connectivity index (χ1) is 10.4. The highest BCUT2D eigenvalue weighted by Gasteiger charge is 2.07. The summed E-state index contributed by atoms with van der Waals surface area (Å²) >= 11 is 0. The molecule has 2 aromatic carbocycles. The largest absolute Gasteiger partial charge is 0.496 e. The molecule has 21 heavy (non-hydrogen) atoms. The van der Waals surface area contributed by atoms with E-state index in [0.29, 0.717) is 6.61 Å². The van der Waals surface area contributed by atoms with Crippen LogP contribution in [0.15, 0.2) is 49.1 Å². The lowest BCUT2D eigenvalue weighted by atomic mass is 10.0. The van der Waals surface area contributed by atoms with Gasteiger partial charge in [-0.1, -0.05) is 36.4 Å². The summed E-state index contributed by atoms with van der Waals surface area (Å²) in [5.41, 5.74) is 1.20. The average molecular weight is 285 g/mol. The molecule has 112 valence electrons. The van der Waals surface area contributed by atoms with Crippen molar-refractivity contribution in [1.29, 1.82) is 0 Å². The van der Waals surface area contributed by atoms with Crippen LogP contribution in [0.1, 0.15) is 12.0 Å². The molecule has 0 saturated carbocycles. The SMILES string of the molecule is C=CCCOCCNCc1c(OC)ccc2ccccc12. The fraction of sp³-hybridized carbons (Fsp3) is 0.333. The van der Waals surface area contributed by atoms with Gasteiger partial charge in [0.2, 0.25) is 0 Å². The van der Waals surface area contributed by atoms with Gasteiger partial charge in [-0.25, -0.2) is 0 Å². The number of fused-ring (bicyclic) bond motifs is 1. The fourth-order valence-corrected chi connectivity index (χ4v) is 2.32. The van der Waals surface area contributed by atoms with Gasteiger partial charge in [-0.05, 0) is 23.3 Å². The number of hydrogen-bond donors (Lipinski definition) is 1. The van der Waals surface area contributed by atoms with E-state index in [1.807, 2.05) is 12.1 Å². The molecule has 0 spiro atoms. The van der Waals surface area contributed by atoms with Gasteiger partial charge in [-0.2, -0.15) is 0 Å². The van der Waals surface area contributed by atoms with Gasteiger partial charge < -0.3 is 14.8 Å². The van der Waals surface area contributed by atoms with E-state index in [0.717, 1.165) is 31.9 Å². The van der Waals surface area contributed by atoms with Crippen LogP contribution in [0.25, 0.3) is 10.8 Å². The van der Waals surface area contributed by atoms with Gasteiger partial charge in [-0.3, -0.25) is 0 Å². The van der Waals surface area contributed by atoms with Crippen LogP contribution in [0.2, 0.25) is 0 Å². The van der Waals surface area contributed by atoms with Gasteiger partial charge in [0.15, 0.2) is 0 Å². The molecule has 0 aromatic heterocycles. The molecule has 0 atom stereocenters. The topological polar surface area (TPSA) is 30.5 Å². The highest BCUT2D eigenvalue weighted by Crippen LogP contribution is 2.27. The molecule has 3 nitrogen and oxygen atoms in total. The summed E-state index contributed by atoms with van der Waals surface area (Å²) in [6, 6.07) is 12.5. The first-order valence-electron chi connectivity index (χ1n) is 7.30. The van der Waals surface area contributed by atoms with Crippen LogP contribution in [0.5, 0.6) is 5.75 Å². The van der Waals surface area contributed by atoms with Gasteiger partial charge in [0.25, 0.3) is 0 Å². The molecule has 0 unspecified atom stereocenters. The summed E-state index contributed by atoms with van der Waals surface area (Å²) in [6.07, 6.45) is 2.77. The summed E-state index contributed by atoms with van der Waals surface area (Å²) in [5.74, 6) is 0.925. The molecule has 3 heteroatoms.